The van der Waals surface area contributed by atoms with E-state index in [1.54, 1.807) is 11.9 Å². The summed E-state index contributed by atoms with van der Waals surface area (Å²) in [7, 11) is 1.80. The first kappa shape index (κ1) is 20.3. The van der Waals surface area contributed by atoms with Crippen LogP contribution in [0.1, 0.15) is 49.9 Å². The van der Waals surface area contributed by atoms with Crippen molar-refractivity contribution in [2.75, 3.05) is 26.7 Å². The van der Waals surface area contributed by atoms with Crippen LogP contribution < -0.4 is 5.32 Å². The van der Waals surface area contributed by atoms with E-state index >= 15 is 0 Å². The van der Waals surface area contributed by atoms with Gasteiger partial charge in [-0.2, -0.15) is 4.98 Å². The summed E-state index contributed by atoms with van der Waals surface area (Å²) in [5.41, 5.74) is 1.28. The van der Waals surface area contributed by atoms with E-state index in [1.807, 2.05) is 26.2 Å². The standard InChI is InChI=1S/C20H30N6O2/c1-15(2)19-23-18(24-28-19)8-11-25(3)20(27)22-17-6-12-26(13-7-17)14-16-4-9-21-10-5-16/h4-5,9-10,15,17H,6-8,11-14H2,1-3H3,(H,22,27). The zero-order valence-corrected chi connectivity index (χ0v) is 17.0. The fraction of sp³-hybridized carbons (Fsp3) is 0.600. The van der Waals surface area contributed by atoms with Crippen molar-refractivity contribution in [3.05, 3.63) is 41.8 Å². The fourth-order valence-corrected chi connectivity index (χ4v) is 3.24. The molecule has 1 N–H and O–H groups in total. The second-order valence-corrected chi connectivity index (χ2v) is 7.73. The molecule has 1 aliphatic rings. The number of pyridine rings is 1. The second-order valence-electron chi connectivity index (χ2n) is 7.73. The molecule has 0 spiro atoms. The van der Waals surface area contributed by atoms with Crippen LogP contribution in [0.5, 0.6) is 0 Å². The van der Waals surface area contributed by atoms with Crippen LogP contribution in [0.25, 0.3) is 0 Å². The fourth-order valence-electron chi connectivity index (χ4n) is 3.24. The van der Waals surface area contributed by atoms with Gasteiger partial charge in [0.25, 0.3) is 0 Å². The van der Waals surface area contributed by atoms with E-state index in [0.29, 0.717) is 24.7 Å². The second kappa shape index (κ2) is 9.64. The molecule has 1 fully saturated rings. The highest BCUT2D eigenvalue weighted by molar-refractivity contribution is 5.74. The topological polar surface area (TPSA) is 87.4 Å². The van der Waals surface area contributed by atoms with Gasteiger partial charge in [-0.1, -0.05) is 19.0 Å². The molecule has 0 aromatic carbocycles. The lowest BCUT2D eigenvalue weighted by Gasteiger charge is -2.33. The molecule has 3 heterocycles. The number of likely N-dealkylation sites (tertiary alicyclic amines) is 1. The normalized spacial score (nSPS) is 15.7. The van der Waals surface area contributed by atoms with Crippen LogP contribution in [0.4, 0.5) is 4.79 Å². The Kier molecular flexibility index (Phi) is 6.97. The summed E-state index contributed by atoms with van der Waals surface area (Å²) in [6, 6.07) is 4.29. The van der Waals surface area contributed by atoms with E-state index < -0.39 is 0 Å². The highest BCUT2D eigenvalue weighted by Gasteiger charge is 2.22. The van der Waals surface area contributed by atoms with Crippen LogP contribution in [0.15, 0.2) is 29.0 Å². The molecule has 2 aromatic heterocycles. The molecule has 28 heavy (non-hydrogen) atoms. The number of rotatable bonds is 7. The lowest BCUT2D eigenvalue weighted by atomic mass is 10.0. The lowest BCUT2D eigenvalue weighted by Crippen LogP contribution is -2.48. The maximum Gasteiger partial charge on any atom is 0.317 e. The molecule has 1 saturated heterocycles. The SMILES string of the molecule is CC(C)c1nc(CCN(C)C(=O)NC2CCN(Cc3ccncc3)CC2)no1. The van der Waals surface area contributed by atoms with Gasteiger partial charge in [0.05, 0.1) is 0 Å². The van der Waals surface area contributed by atoms with Crippen LogP contribution in [0, 0.1) is 0 Å². The largest absolute Gasteiger partial charge is 0.339 e. The molecule has 0 saturated carbocycles. The zero-order valence-electron chi connectivity index (χ0n) is 17.0. The van der Waals surface area contributed by atoms with Crippen molar-refractivity contribution in [2.24, 2.45) is 0 Å². The summed E-state index contributed by atoms with van der Waals surface area (Å²) in [5.74, 6) is 1.50. The Morgan fingerprint density at radius 1 is 1.32 bits per heavy atom. The van der Waals surface area contributed by atoms with Crippen molar-refractivity contribution in [2.45, 2.75) is 51.6 Å². The van der Waals surface area contributed by atoms with Gasteiger partial charge in [0.2, 0.25) is 5.89 Å². The molecule has 2 aromatic rings. The number of likely N-dealkylation sites (N-methyl/N-ethyl adjacent to an activating group) is 1. The quantitative estimate of drug-likeness (QED) is 0.786. The summed E-state index contributed by atoms with van der Waals surface area (Å²) in [6.07, 6.45) is 6.18. The molecule has 2 amide bonds. The number of carbonyl (C=O) groups excluding carboxylic acids is 1. The Hall–Kier alpha value is -2.48. The van der Waals surface area contributed by atoms with Gasteiger partial charge in [-0.3, -0.25) is 9.88 Å². The van der Waals surface area contributed by atoms with Crippen molar-refractivity contribution in [3.63, 3.8) is 0 Å². The van der Waals surface area contributed by atoms with Crippen molar-refractivity contribution in [3.8, 4) is 0 Å². The lowest BCUT2D eigenvalue weighted by molar-refractivity contribution is 0.174. The average Bonchev–Trinajstić information content (AvgIpc) is 3.18. The van der Waals surface area contributed by atoms with E-state index in [2.05, 4.69) is 37.5 Å². The third-order valence-corrected chi connectivity index (χ3v) is 5.07. The number of amides is 2. The van der Waals surface area contributed by atoms with Gasteiger partial charge >= 0.3 is 6.03 Å². The summed E-state index contributed by atoms with van der Waals surface area (Å²) in [5, 5.41) is 7.12. The summed E-state index contributed by atoms with van der Waals surface area (Å²) < 4.78 is 5.20. The van der Waals surface area contributed by atoms with Gasteiger partial charge in [-0.25, -0.2) is 4.79 Å². The summed E-state index contributed by atoms with van der Waals surface area (Å²) >= 11 is 0. The smallest absolute Gasteiger partial charge is 0.317 e. The monoisotopic (exact) mass is 386 g/mol. The van der Waals surface area contributed by atoms with Crippen LogP contribution in [-0.4, -0.2) is 63.7 Å². The minimum absolute atomic E-state index is 0.0415. The third-order valence-electron chi connectivity index (χ3n) is 5.07. The predicted molar refractivity (Wildman–Crippen MR) is 106 cm³/mol. The van der Waals surface area contributed by atoms with Gasteiger partial charge in [0.15, 0.2) is 5.82 Å². The summed E-state index contributed by atoms with van der Waals surface area (Å²) in [6.45, 7) is 7.49. The zero-order chi connectivity index (χ0) is 19.9. The van der Waals surface area contributed by atoms with E-state index in [0.717, 1.165) is 32.5 Å². The van der Waals surface area contributed by atoms with Crippen molar-refractivity contribution < 1.29 is 9.32 Å². The highest BCUT2D eigenvalue weighted by Crippen LogP contribution is 2.14. The van der Waals surface area contributed by atoms with E-state index in [-0.39, 0.29) is 18.0 Å². The number of nitrogens with zero attached hydrogens (tertiary/aromatic N) is 5. The van der Waals surface area contributed by atoms with Crippen LogP contribution >= 0.6 is 0 Å². The van der Waals surface area contributed by atoms with Crippen LogP contribution in [0.3, 0.4) is 0 Å². The molecule has 152 valence electrons. The molecule has 0 bridgehead atoms. The van der Waals surface area contributed by atoms with Gasteiger partial charge in [0.1, 0.15) is 0 Å². The van der Waals surface area contributed by atoms with E-state index in [1.165, 1.54) is 5.56 Å². The number of urea groups is 1. The Bertz CT molecular complexity index is 740. The van der Waals surface area contributed by atoms with Gasteiger partial charge < -0.3 is 14.7 Å². The number of carbonyl (C=O) groups is 1. The molecule has 0 aliphatic carbocycles. The molecule has 1 aliphatic heterocycles. The Morgan fingerprint density at radius 3 is 2.68 bits per heavy atom. The number of hydrogen-bond acceptors (Lipinski definition) is 6. The third kappa shape index (κ3) is 5.76. The average molecular weight is 387 g/mol. The maximum atomic E-state index is 12.4. The number of hydrogen-bond donors (Lipinski definition) is 1. The number of nitrogens with one attached hydrogen (secondary N) is 1. The first-order chi connectivity index (χ1) is 13.5. The molecule has 8 nitrogen and oxygen atoms in total. The summed E-state index contributed by atoms with van der Waals surface area (Å²) in [4.78, 5) is 25.0. The van der Waals surface area contributed by atoms with E-state index in [4.69, 9.17) is 4.52 Å². The predicted octanol–water partition coefficient (Wildman–Crippen LogP) is 2.44. The van der Waals surface area contributed by atoms with Gasteiger partial charge in [-0.15, -0.1) is 0 Å². The molecule has 3 rings (SSSR count). The van der Waals surface area contributed by atoms with Gasteiger partial charge in [0, 0.05) is 64.0 Å². The minimum Gasteiger partial charge on any atom is -0.339 e. The van der Waals surface area contributed by atoms with Crippen LogP contribution in [-0.2, 0) is 13.0 Å². The Morgan fingerprint density at radius 2 is 2.04 bits per heavy atom. The van der Waals surface area contributed by atoms with Crippen molar-refractivity contribution >= 4 is 6.03 Å². The number of aromatic nitrogens is 3. The molecular weight excluding hydrogens is 356 g/mol. The molecular formula is C20H30N6O2. The first-order valence-corrected chi connectivity index (χ1v) is 9.96. The molecule has 0 radical (unpaired) electrons. The van der Waals surface area contributed by atoms with Gasteiger partial charge in [-0.05, 0) is 30.5 Å². The minimum atomic E-state index is -0.0415. The Balaban J connectivity index is 1.37. The Labute approximate surface area is 166 Å². The highest BCUT2D eigenvalue weighted by atomic mass is 16.5. The molecule has 0 atom stereocenters. The van der Waals surface area contributed by atoms with Crippen LogP contribution in [0.2, 0.25) is 0 Å². The number of piperidine rings is 1. The first-order valence-electron chi connectivity index (χ1n) is 9.96. The van der Waals surface area contributed by atoms with Crippen molar-refractivity contribution in [1.29, 1.82) is 0 Å². The van der Waals surface area contributed by atoms with Crippen molar-refractivity contribution in [1.82, 2.24) is 30.2 Å². The van der Waals surface area contributed by atoms with E-state index in [9.17, 15) is 4.79 Å². The molecule has 0 unspecified atom stereocenters. The maximum absolute atomic E-state index is 12.4. The molecule has 8 heteroatoms.